The third-order valence-electron chi connectivity index (χ3n) is 2.91. The van der Waals surface area contributed by atoms with E-state index in [1.54, 1.807) is 12.2 Å². The molecule has 1 atom stereocenters. The molecule has 0 saturated heterocycles. The van der Waals surface area contributed by atoms with E-state index in [1.165, 1.54) is 0 Å². The Balaban J connectivity index is 2.59. The predicted octanol–water partition coefficient (Wildman–Crippen LogP) is 2.83. The lowest BCUT2D eigenvalue weighted by molar-refractivity contribution is -0.117. The summed E-state index contributed by atoms with van der Waals surface area (Å²) in [4.78, 5) is 11.7. The Morgan fingerprint density at radius 2 is 2.17 bits per heavy atom. The van der Waals surface area contributed by atoms with Crippen molar-refractivity contribution in [2.45, 2.75) is 33.2 Å². The standard InChI is InChI=1S/C15H22N2O/c1-4-14(11(2)3)17-15(18)9-8-12-6-5-7-13(16)10-12/h5-11,14H,4,16H2,1-3H3,(H,17,18)/b9-8+. The zero-order valence-electron chi connectivity index (χ0n) is 11.3. The molecule has 3 N–H and O–H groups in total. The highest BCUT2D eigenvalue weighted by Crippen LogP contribution is 2.08. The van der Waals surface area contributed by atoms with E-state index >= 15 is 0 Å². The molecule has 0 aromatic heterocycles. The van der Waals surface area contributed by atoms with Gasteiger partial charge in [-0.2, -0.15) is 0 Å². The van der Waals surface area contributed by atoms with Crippen molar-refractivity contribution in [1.82, 2.24) is 5.32 Å². The van der Waals surface area contributed by atoms with E-state index in [1.807, 2.05) is 24.3 Å². The van der Waals surface area contributed by atoms with Gasteiger partial charge in [0.15, 0.2) is 0 Å². The SMILES string of the molecule is CCC(NC(=O)/C=C/c1cccc(N)c1)C(C)C. The lowest BCUT2D eigenvalue weighted by Crippen LogP contribution is -2.36. The first-order valence-electron chi connectivity index (χ1n) is 6.37. The van der Waals surface area contributed by atoms with Crippen LogP contribution in [-0.4, -0.2) is 11.9 Å². The molecule has 0 heterocycles. The minimum Gasteiger partial charge on any atom is -0.399 e. The van der Waals surface area contributed by atoms with Crippen LogP contribution in [0.4, 0.5) is 5.69 Å². The second kappa shape index (κ2) is 6.84. The zero-order valence-corrected chi connectivity index (χ0v) is 11.3. The van der Waals surface area contributed by atoms with Crippen LogP contribution in [0.5, 0.6) is 0 Å². The second-order valence-electron chi connectivity index (χ2n) is 4.77. The largest absolute Gasteiger partial charge is 0.399 e. The highest BCUT2D eigenvalue weighted by atomic mass is 16.1. The van der Waals surface area contributed by atoms with E-state index < -0.39 is 0 Å². The maximum absolute atomic E-state index is 11.7. The normalized spacial score (nSPS) is 12.9. The minimum absolute atomic E-state index is 0.0574. The average molecular weight is 246 g/mol. The summed E-state index contributed by atoms with van der Waals surface area (Å²) in [5.74, 6) is 0.387. The Kier molecular flexibility index (Phi) is 5.43. The Morgan fingerprint density at radius 1 is 1.44 bits per heavy atom. The number of hydrogen-bond acceptors (Lipinski definition) is 2. The number of nitrogen functional groups attached to an aromatic ring is 1. The van der Waals surface area contributed by atoms with Crippen LogP contribution in [0.3, 0.4) is 0 Å². The molecule has 3 nitrogen and oxygen atoms in total. The number of benzene rings is 1. The number of hydrogen-bond donors (Lipinski definition) is 2. The van der Waals surface area contributed by atoms with Gasteiger partial charge >= 0.3 is 0 Å². The molecule has 0 aliphatic carbocycles. The lowest BCUT2D eigenvalue weighted by Gasteiger charge is -2.19. The molecule has 18 heavy (non-hydrogen) atoms. The van der Waals surface area contributed by atoms with Gasteiger partial charge in [-0.3, -0.25) is 4.79 Å². The lowest BCUT2D eigenvalue weighted by atomic mass is 10.0. The molecule has 0 fully saturated rings. The molecule has 1 aromatic carbocycles. The quantitative estimate of drug-likeness (QED) is 0.620. The summed E-state index contributed by atoms with van der Waals surface area (Å²) in [6.07, 6.45) is 4.27. The van der Waals surface area contributed by atoms with Gasteiger partial charge in [0, 0.05) is 17.8 Å². The van der Waals surface area contributed by atoms with Crippen molar-refractivity contribution in [3.05, 3.63) is 35.9 Å². The molecule has 0 radical (unpaired) electrons. The van der Waals surface area contributed by atoms with Gasteiger partial charge in [-0.1, -0.05) is 32.9 Å². The zero-order chi connectivity index (χ0) is 13.5. The summed E-state index contributed by atoms with van der Waals surface area (Å²) in [7, 11) is 0. The molecule has 1 unspecified atom stereocenters. The summed E-state index contributed by atoms with van der Waals surface area (Å²) in [5, 5.41) is 2.99. The van der Waals surface area contributed by atoms with E-state index in [-0.39, 0.29) is 11.9 Å². The molecule has 1 rings (SSSR count). The third-order valence-corrected chi connectivity index (χ3v) is 2.91. The highest BCUT2D eigenvalue weighted by Gasteiger charge is 2.11. The number of rotatable bonds is 5. The van der Waals surface area contributed by atoms with Crippen molar-refractivity contribution in [3.8, 4) is 0 Å². The van der Waals surface area contributed by atoms with Gasteiger partial charge in [0.25, 0.3) is 0 Å². The molecule has 0 aliphatic heterocycles. The fourth-order valence-corrected chi connectivity index (χ4v) is 1.81. The number of nitrogens with two attached hydrogens (primary N) is 1. The fraction of sp³-hybridized carbons (Fsp3) is 0.400. The fourth-order valence-electron chi connectivity index (χ4n) is 1.81. The van der Waals surface area contributed by atoms with Crippen molar-refractivity contribution in [1.29, 1.82) is 0 Å². The summed E-state index contributed by atoms with van der Waals surface area (Å²) in [5.41, 5.74) is 7.31. The monoisotopic (exact) mass is 246 g/mol. The third kappa shape index (κ3) is 4.62. The predicted molar refractivity (Wildman–Crippen MR) is 76.9 cm³/mol. The topological polar surface area (TPSA) is 55.1 Å². The summed E-state index contributed by atoms with van der Waals surface area (Å²) in [6, 6.07) is 7.67. The average Bonchev–Trinajstić information content (AvgIpc) is 2.33. The molecule has 0 saturated carbocycles. The van der Waals surface area contributed by atoms with Gasteiger partial charge < -0.3 is 11.1 Å². The van der Waals surface area contributed by atoms with E-state index in [0.717, 1.165) is 12.0 Å². The highest BCUT2D eigenvalue weighted by molar-refractivity contribution is 5.92. The first-order chi connectivity index (χ1) is 8.52. The van der Waals surface area contributed by atoms with Crippen molar-refractivity contribution >= 4 is 17.7 Å². The number of amides is 1. The Labute approximate surface area is 109 Å². The van der Waals surface area contributed by atoms with E-state index in [0.29, 0.717) is 11.6 Å². The van der Waals surface area contributed by atoms with Crippen molar-refractivity contribution in [2.24, 2.45) is 5.92 Å². The van der Waals surface area contributed by atoms with Crippen LogP contribution in [0.25, 0.3) is 6.08 Å². The van der Waals surface area contributed by atoms with Gasteiger partial charge in [0.05, 0.1) is 0 Å². The van der Waals surface area contributed by atoms with Gasteiger partial charge in [0.1, 0.15) is 0 Å². The molecule has 0 spiro atoms. The molecule has 3 heteroatoms. The van der Waals surface area contributed by atoms with Crippen LogP contribution >= 0.6 is 0 Å². The first-order valence-corrected chi connectivity index (χ1v) is 6.37. The molecule has 1 aromatic rings. The van der Waals surface area contributed by atoms with Gasteiger partial charge in [-0.05, 0) is 36.1 Å². The van der Waals surface area contributed by atoms with Crippen molar-refractivity contribution < 1.29 is 4.79 Å². The molecular weight excluding hydrogens is 224 g/mol. The number of nitrogens with one attached hydrogen (secondary N) is 1. The van der Waals surface area contributed by atoms with Crippen LogP contribution < -0.4 is 11.1 Å². The summed E-state index contributed by atoms with van der Waals surface area (Å²) >= 11 is 0. The number of carbonyl (C=O) groups is 1. The van der Waals surface area contributed by atoms with Gasteiger partial charge in [-0.25, -0.2) is 0 Å². The second-order valence-corrected chi connectivity index (χ2v) is 4.77. The van der Waals surface area contributed by atoms with E-state index in [4.69, 9.17) is 5.73 Å². The van der Waals surface area contributed by atoms with Crippen LogP contribution in [0.15, 0.2) is 30.3 Å². The Hall–Kier alpha value is -1.77. The molecule has 98 valence electrons. The molecule has 0 aliphatic rings. The summed E-state index contributed by atoms with van der Waals surface area (Å²) < 4.78 is 0. The van der Waals surface area contributed by atoms with Crippen LogP contribution in [-0.2, 0) is 4.79 Å². The minimum atomic E-state index is -0.0574. The number of anilines is 1. The molecule has 1 amide bonds. The molecular formula is C15H22N2O. The number of carbonyl (C=O) groups excluding carboxylic acids is 1. The Morgan fingerprint density at radius 3 is 2.72 bits per heavy atom. The van der Waals surface area contributed by atoms with Crippen molar-refractivity contribution in [2.75, 3.05) is 5.73 Å². The van der Waals surface area contributed by atoms with Crippen LogP contribution in [0.2, 0.25) is 0 Å². The maximum Gasteiger partial charge on any atom is 0.244 e. The van der Waals surface area contributed by atoms with Gasteiger partial charge in [0.2, 0.25) is 5.91 Å². The first kappa shape index (κ1) is 14.3. The smallest absolute Gasteiger partial charge is 0.244 e. The van der Waals surface area contributed by atoms with Gasteiger partial charge in [-0.15, -0.1) is 0 Å². The van der Waals surface area contributed by atoms with Crippen LogP contribution in [0, 0.1) is 5.92 Å². The van der Waals surface area contributed by atoms with E-state index in [9.17, 15) is 4.79 Å². The van der Waals surface area contributed by atoms with E-state index in [2.05, 4.69) is 26.1 Å². The Bertz CT molecular complexity index is 424. The maximum atomic E-state index is 11.7. The van der Waals surface area contributed by atoms with Crippen LogP contribution in [0.1, 0.15) is 32.8 Å². The molecule has 0 bridgehead atoms. The summed E-state index contributed by atoms with van der Waals surface area (Å²) in [6.45, 7) is 6.29. The van der Waals surface area contributed by atoms with Crippen molar-refractivity contribution in [3.63, 3.8) is 0 Å².